The van der Waals surface area contributed by atoms with Gasteiger partial charge in [0.25, 0.3) is 12.3 Å². The number of fused-ring (bicyclic) bond motifs is 3. The summed E-state index contributed by atoms with van der Waals surface area (Å²) in [6.45, 7) is -0.00878. The number of benzene rings is 1. The van der Waals surface area contributed by atoms with E-state index in [1.54, 1.807) is 0 Å². The third-order valence-corrected chi connectivity index (χ3v) is 6.88. The summed E-state index contributed by atoms with van der Waals surface area (Å²) in [4.78, 5) is 14.7. The first-order valence-corrected chi connectivity index (χ1v) is 11.9. The van der Waals surface area contributed by atoms with Crippen LogP contribution in [0, 0.1) is 0 Å². The predicted octanol–water partition coefficient (Wildman–Crippen LogP) is 5.78. The first-order chi connectivity index (χ1) is 18.6. The minimum atomic E-state index is -6.50. The maximum absolute atomic E-state index is 15.4. The van der Waals surface area contributed by atoms with Gasteiger partial charge < -0.3 is 14.4 Å². The largest absolute Gasteiger partial charge is 0.448 e. The molecular weight excluding hydrogens is 582 g/mol. The van der Waals surface area contributed by atoms with Crippen molar-refractivity contribution in [3.8, 4) is 22.7 Å². The van der Waals surface area contributed by atoms with Gasteiger partial charge in [0.05, 0.1) is 16.8 Å². The molecule has 1 atom stereocenters. The molecule has 1 saturated carbocycles. The molecule has 0 radical (unpaired) electrons. The zero-order chi connectivity index (χ0) is 29.4. The SMILES string of the molecule is COCN(C(=O)c1cc(-c2cnn3c2C(F)Oc2c(C(F)(C(F)(F)F)C(F)(F)F)nn(C)c2-3)ccc1Cl)C1CC1. The summed E-state index contributed by atoms with van der Waals surface area (Å²) in [6, 6.07) is 4.06. The van der Waals surface area contributed by atoms with Crippen LogP contribution in [0.25, 0.3) is 16.9 Å². The molecule has 1 unspecified atom stereocenters. The van der Waals surface area contributed by atoms with Gasteiger partial charge in [-0.3, -0.25) is 4.79 Å². The number of alkyl halides is 8. The normalized spacial score (nSPS) is 17.3. The van der Waals surface area contributed by atoms with Crippen molar-refractivity contribution in [1.82, 2.24) is 24.5 Å². The number of amides is 1. The molecule has 5 rings (SSSR count). The van der Waals surface area contributed by atoms with Gasteiger partial charge in [-0.05, 0) is 30.5 Å². The van der Waals surface area contributed by atoms with Crippen LogP contribution in [-0.4, -0.2) is 62.6 Å². The Morgan fingerprint density at radius 3 is 2.40 bits per heavy atom. The predicted molar refractivity (Wildman–Crippen MR) is 121 cm³/mol. The number of aromatic nitrogens is 4. The van der Waals surface area contributed by atoms with E-state index < -0.39 is 53.2 Å². The van der Waals surface area contributed by atoms with Crippen molar-refractivity contribution >= 4 is 17.5 Å². The number of methoxy groups -OCH3 is 1. The van der Waals surface area contributed by atoms with E-state index in [4.69, 9.17) is 21.1 Å². The third kappa shape index (κ3) is 4.19. The van der Waals surface area contributed by atoms with Gasteiger partial charge in [-0.25, -0.2) is 13.8 Å². The van der Waals surface area contributed by atoms with E-state index in [-0.39, 0.29) is 34.5 Å². The summed E-state index contributed by atoms with van der Waals surface area (Å²) >= 11 is 6.26. The molecule has 0 bridgehead atoms. The second kappa shape index (κ2) is 9.33. The summed E-state index contributed by atoms with van der Waals surface area (Å²) in [5.74, 6) is -2.56. The molecule has 0 spiro atoms. The Bertz CT molecular complexity index is 1470. The average molecular weight is 600 g/mol. The second-order valence-corrected chi connectivity index (χ2v) is 9.59. The Balaban J connectivity index is 1.61. The molecule has 2 aromatic heterocycles. The first kappa shape index (κ1) is 28.1. The van der Waals surface area contributed by atoms with E-state index in [9.17, 15) is 35.5 Å². The van der Waals surface area contributed by atoms with Crippen LogP contribution in [0.3, 0.4) is 0 Å². The monoisotopic (exact) mass is 599 g/mol. The number of ether oxygens (including phenoxy) is 2. The van der Waals surface area contributed by atoms with Crippen LogP contribution in [0.2, 0.25) is 5.02 Å². The van der Waals surface area contributed by atoms with Gasteiger partial charge in [-0.15, -0.1) is 0 Å². The van der Waals surface area contributed by atoms with E-state index in [2.05, 4.69) is 10.2 Å². The van der Waals surface area contributed by atoms with Crippen LogP contribution in [0.5, 0.6) is 5.75 Å². The van der Waals surface area contributed by atoms with Crippen LogP contribution in [0.4, 0.5) is 35.1 Å². The Kier molecular flexibility index (Phi) is 6.56. The zero-order valence-corrected chi connectivity index (χ0v) is 21.2. The minimum absolute atomic E-state index is 0.00878. The number of halogens is 9. The summed E-state index contributed by atoms with van der Waals surface area (Å²) in [7, 11) is 2.33. The summed E-state index contributed by atoms with van der Waals surface area (Å²) in [5, 5.41) is 7.07. The van der Waals surface area contributed by atoms with Crippen LogP contribution < -0.4 is 4.74 Å². The van der Waals surface area contributed by atoms with Crippen LogP contribution in [-0.2, 0) is 17.5 Å². The number of carbonyl (C=O) groups excluding carboxylic acids is 1. The summed E-state index contributed by atoms with van der Waals surface area (Å²) in [6.07, 6.45) is -13.1. The lowest BCUT2D eigenvalue weighted by atomic mass is 9.99. The van der Waals surface area contributed by atoms with Crippen LogP contribution in [0.15, 0.2) is 24.4 Å². The van der Waals surface area contributed by atoms with E-state index in [0.717, 1.165) is 26.1 Å². The molecule has 3 aromatic rings. The van der Waals surface area contributed by atoms with Gasteiger partial charge in [0.1, 0.15) is 12.4 Å². The minimum Gasteiger partial charge on any atom is -0.448 e. The lowest BCUT2D eigenvalue weighted by Gasteiger charge is -2.30. The van der Waals surface area contributed by atoms with Gasteiger partial charge >= 0.3 is 18.0 Å². The standard InChI is InChI=1S/C23H18ClF8N5O3/c1-35-19-16(17(34-35)21(26,22(27,28)29)23(30,31)32)40-18(25)15-13(8-33-37(15)19)10-3-6-14(24)12(7-10)20(38)36(9-39-2)11-4-5-11/h3,6-8,11,18H,4-5,9H2,1-2H3. The van der Waals surface area contributed by atoms with Crippen molar-refractivity contribution < 1.29 is 49.4 Å². The first-order valence-electron chi connectivity index (χ1n) is 11.5. The number of hydrogen-bond acceptors (Lipinski definition) is 5. The van der Waals surface area contributed by atoms with Crippen molar-refractivity contribution in [2.45, 2.75) is 43.3 Å². The Morgan fingerprint density at radius 2 is 1.82 bits per heavy atom. The molecule has 1 fully saturated rings. The van der Waals surface area contributed by atoms with Crippen molar-refractivity contribution in [2.75, 3.05) is 13.8 Å². The van der Waals surface area contributed by atoms with Crippen LogP contribution >= 0.6 is 11.6 Å². The van der Waals surface area contributed by atoms with E-state index in [1.807, 2.05) is 0 Å². The van der Waals surface area contributed by atoms with Gasteiger partial charge in [-0.1, -0.05) is 17.7 Å². The van der Waals surface area contributed by atoms with Gasteiger partial charge in [-0.2, -0.15) is 40.9 Å². The smallest absolute Gasteiger partial charge is 0.437 e. The molecule has 8 nitrogen and oxygen atoms in total. The highest BCUT2D eigenvalue weighted by atomic mass is 35.5. The van der Waals surface area contributed by atoms with Gasteiger partial charge in [0.2, 0.25) is 0 Å². The number of nitrogens with zero attached hydrogens (tertiary/aromatic N) is 5. The van der Waals surface area contributed by atoms with Crippen molar-refractivity contribution in [2.24, 2.45) is 7.05 Å². The molecule has 1 amide bonds. The van der Waals surface area contributed by atoms with Crippen molar-refractivity contribution in [3.63, 3.8) is 0 Å². The fourth-order valence-electron chi connectivity index (χ4n) is 4.49. The highest BCUT2D eigenvalue weighted by molar-refractivity contribution is 6.34. The molecule has 1 aliphatic carbocycles. The molecule has 0 saturated heterocycles. The zero-order valence-electron chi connectivity index (χ0n) is 20.4. The molecule has 2 aliphatic rings. The molecule has 17 heteroatoms. The molecule has 1 aromatic carbocycles. The average Bonchev–Trinajstić information content (AvgIpc) is 3.52. The molecule has 1 aliphatic heterocycles. The fourth-order valence-corrected chi connectivity index (χ4v) is 4.68. The lowest BCUT2D eigenvalue weighted by molar-refractivity contribution is -0.350. The van der Waals surface area contributed by atoms with Gasteiger partial charge in [0.15, 0.2) is 17.3 Å². The van der Waals surface area contributed by atoms with E-state index in [1.165, 1.54) is 30.2 Å². The number of aryl methyl sites for hydroxylation is 1. The number of rotatable bonds is 6. The topological polar surface area (TPSA) is 74.4 Å². The Hall–Kier alpha value is -3.40. The van der Waals surface area contributed by atoms with Crippen LogP contribution in [0.1, 0.15) is 40.9 Å². The Morgan fingerprint density at radius 1 is 1.18 bits per heavy atom. The van der Waals surface area contributed by atoms with E-state index in [0.29, 0.717) is 9.36 Å². The Labute approximate surface area is 225 Å². The summed E-state index contributed by atoms with van der Waals surface area (Å²) < 4.78 is 122. The maximum Gasteiger partial charge on any atom is 0.437 e. The van der Waals surface area contributed by atoms with Gasteiger partial charge in [0, 0.05) is 25.8 Å². The fraction of sp³-hybridized carbons (Fsp3) is 0.435. The summed E-state index contributed by atoms with van der Waals surface area (Å²) in [5.41, 5.74) is -8.41. The highest BCUT2D eigenvalue weighted by Crippen LogP contribution is 2.57. The lowest BCUT2D eigenvalue weighted by Crippen LogP contribution is -2.51. The highest BCUT2D eigenvalue weighted by Gasteiger charge is 2.76. The van der Waals surface area contributed by atoms with E-state index >= 15 is 4.39 Å². The van der Waals surface area contributed by atoms with Crippen molar-refractivity contribution in [1.29, 1.82) is 0 Å². The number of carbonyl (C=O) groups is 1. The maximum atomic E-state index is 15.4. The molecular formula is C23H18ClF8N5O3. The molecule has 0 N–H and O–H groups in total. The quantitative estimate of drug-likeness (QED) is 0.265. The third-order valence-electron chi connectivity index (χ3n) is 6.55. The molecule has 40 heavy (non-hydrogen) atoms. The molecule has 216 valence electrons. The molecule has 3 heterocycles. The number of hydrogen-bond donors (Lipinski definition) is 0. The van der Waals surface area contributed by atoms with Crippen molar-refractivity contribution in [3.05, 3.63) is 46.4 Å². The second-order valence-electron chi connectivity index (χ2n) is 9.19.